The number of carbonyl (C=O) groups is 1. The van der Waals surface area contributed by atoms with Gasteiger partial charge in [-0.25, -0.2) is 0 Å². The number of nitrogen functional groups attached to an aromatic ring is 1. The molecule has 3 heterocycles. The van der Waals surface area contributed by atoms with Crippen LogP contribution in [0.3, 0.4) is 0 Å². The molecular weight excluding hydrogens is 517 g/mol. The summed E-state index contributed by atoms with van der Waals surface area (Å²) in [6, 6.07) is 3.64. The zero-order chi connectivity index (χ0) is 26.9. The van der Waals surface area contributed by atoms with Gasteiger partial charge in [0, 0.05) is 56.0 Å². The highest BCUT2D eigenvalue weighted by atomic mass is 35.5. The van der Waals surface area contributed by atoms with E-state index in [4.69, 9.17) is 49.1 Å². The van der Waals surface area contributed by atoms with Crippen LogP contribution in [0.15, 0.2) is 28.4 Å². The third-order valence-electron chi connectivity index (χ3n) is 6.47. The Morgan fingerprint density at radius 1 is 1.27 bits per heavy atom. The van der Waals surface area contributed by atoms with Crippen molar-refractivity contribution in [3.8, 4) is 6.01 Å². The van der Waals surface area contributed by atoms with Crippen molar-refractivity contribution < 1.29 is 14.3 Å². The summed E-state index contributed by atoms with van der Waals surface area (Å²) in [4.78, 5) is 30.0. The molecular formula is C25H31Cl2N7O3. The first-order chi connectivity index (χ1) is 17.6. The monoisotopic (exact) mass is 547 g/mol. The van der Waals surface area contributed by atoms with Gasteiger partial charge in [0.05, 0.1) is 47.8 Å². The van der Waals surface area contributed by atoms with Gasteiger partial charge in [-0.1, -0.05) is 23.2 Å². The lowest BCUT2D eigenvalue weighted by molar-refractivity contribution is -0.124. The van der Waals surface area contributed by atoms with Crippen LogP contribution in [-0.2, 0) is 22.6 Å². The maximum absolute atomic E-state index is 12.4. The number of halogens is 2. The van der Waals surface area contributed by atoms with Crippen LogP contribution < -0.4 is 21.1 Å². The first-order valence-electron chi connectivity index (χ1n) is 11.9. The first kappa shape index (κ1) is 27.0. The van der Waals surface area contributed by atoms with E-state index in [2.05, 4.69) is 14.9 Å². The molecule has 0 aliphatic carbocycles. The summed E-state index contributed by atoms with van der Waals surface area (Å²) < 4.78 is 11.7. The third-order valence-corrected chi connectivity index (χ3v) is 7.29. The number of amides is 1. The van der Waals surface area contributed by atoms with Crippen molar-refractivity contribution in [2.75, 3.05) is 51.5 Å². The molecule has 1 aromatic heterocycles. The second kappa shape index (κ2) is 11.1. The van der Waals surface area contributed by atoms with E-state index in [1.807, 2.05) is 6.92 Å². The molecule has 12 heteroatoms. The predicted molar refractivity (Wildman–Crippen MR) is 145 cm³/mol. The Bertz CT molecular complexity index is 1280. The summed E-state index contributed by atoms with van der Waals surface area (Å²) in [5.74, 6) is 0.453. The van der Waals surface area contributed by atoms with E-state index in [0.717, 1.165) is 23.4 Å². The zero-order valence-corrected chi connectivity index (χ0v) is 22.9. The number of ether oxygens (including phenoxy) is 2. The molecule has 10 nitrogen and oxygen atoms in total. The van der Waals surface area contributed by atoms with Crippen molar-refractivity contribution >= 4 is 46.3 Å². The average Bonchev–Trinajstić information content (AvgIpc) is 3.14. The number of hydrogen-bond donors (Lipinski definition) is 2. The van der Waals surface area contributed by atoms with Crippen molar-refractivity contribution in [1.29, 1.82) is 0 Å². The number of methoxy groups -OCH3 is 1. The summed E-state index contributed by atoms with van der Waals surface area (Å²) in [5.41, 5.74) is 16.6. The fourth-order valence-electron chi connectivity index (χ4n) is 4.41. The Morgan fingerprint density at radius 2 is 2.03 bits per heavy atom. The number of carbonyl (C=O) groups excluding carboxylic acids is 1. The fraction of sp³-hybridized carbons (Fsp3) is 0.440. The summed E-state index contributed by atoms with van der Waals surface area (Å²) in [5, 5.41) is 0.782. The number of hydrogen-bond acceptors (Lipinski definition) is 9. The second-order valence-corrected chi connectivity index (χ2v) is 10.00. The molecule has 2 aromatic rings. The topological polar surface area (TPSA) is 132 Å². The highest BCUT2D eigenvalue weighted by Crippen LogP contribution is 2.40. The maximum Gasteiger partial charge on any atom is 0.318 e. The SMILES string of the molecule is COc1nc2c(c(N3CCCN=C(/C(C)=C(\N)C(=O)N(C)C)C3)n1)COC(c1cc(N)cc(Cl)c1Cl)C2. The quantitative estimate of drug-likeness (QED) is 0.430. The summed E-state index contributed by atoms with van der Waals surface area (Å²) in [6.45, 7) is 3.84. The van der Waals surface area contributed by atoms with Crippen molar-refractivity contribution in [2.45, 2.75) is 32.5 Å². The van der Waals surface area contributed by atoms with Gasteiger partial charge in [-0.05, 0) is 25.5 Å². The Balaban J connectivity index is 1.68. The van der Waals surface area contributed by atoms with Gasteiger partial charge in [0.1, 0.15) is 11.5 Å². The van der Waals surface area contributed by atoms with Gasteiger partial charge in [0.15, 0.2) is 0 Å². The molecule has 0 saturated carbocycles. The fourth-order valence-corrected chi connectivity index (χ4v) is 4.88. The Labute approximate surface area is 226 Å². The van der Waals surface area contributed by atoms with E-state index in [1.165, 1.54) is 12.0 Å². The number of benzene rings is 1. The van der Waals surface area contributed by atoms with Crippen molar-refractivity contribution in [3.05, 3.63) is 50.3 Å². The van der Waals surface area contributed by atoms with Gasteiger partial charge in [-0.2, -0.15) is 9.97 Å². The molecule has 1 unspecified atom stereocenters. The van der Waals surface area contributed by atoms with E-state index in [0.29, 0.717) is 58.7 Å². The molecule has 198 valence electrons. The minimum atomic E-state index is -0.378. The van der Waals surface area contributed by atoms with Crippen LogP contribution in [0.5, 0.6) is 6.01 Å². The van der Waals surface area contributed by atoms with E-state index < -0.39 is 0 Å². The van der Waals surface area contributed by atoms with Crippen LogP contribution in [0.25, 0.3) is 0 Å². The van der Waals surface area contributed by atoms with Gasteiger partial charge >= 0.3 is 6.01 Å². The highest BCUT2D eigenvalue weighted by molar-refractivity contribution is 6.42. The lowest BCUT2D eigenvalue weighted by Crippen LogP contribution is -2.35. The van der Waals surface area contributed by atoms with Gasteiger partial charge < -0.3 is 30.7 Å². The summed E-state index contributed by atoms with van der Waals surface area (Å²) in [7, 11) is 4.87. The highest BCUT2D eigenvalue weighted by Gasteiger charge is 2.31. The number of nitrogens with two attached hydrogens (primary N) is 2. The number of aliphatic imine (C=N–C) groups is 1. The average molecular weight is 548 g/mol. The van der Waals surface area contributed by atoms with Crippen LogP contribution in [0, 0.1) is 0 Å². The normalized spacial score (nSPS) is 18.4. The number of nitrogens with zero attached hydrogens (tertiary/aromatic N) is 5. The van der Waals surface area contributed by atoms with E-state index in [1.54, 1.807) is 26.2 Å². The van der Waals surface area contributed by atoms with E-state index in [-0.39, 0.29) is 30.3 Å². The summed E-state index contributed by atoms with van der Waals surface area (Å²) in [6.07, 6.45) is 0.871. The predicted octanol–water partition coefficient (Wildman–Crippen LogP) is 3.16. The molecule has 0 fully saturated rings. The van der Waals surface area contributed by atoms with E-state index in [9.17, 15) is 4.79 Å². The molecule has 1 amide bonds. The number of fused-ring (bicyclic) bond motifs is 1. The second-order valence-electron chi connectivity index (χ2n) is 9.21. The molecule has 0 spiro atoms. The molecule has 1 atom stereocenters. The lowest BCUT2D eigenvalue weighted by atomic mass is 9.98. The van der Waals surface area contributed by atoms with Crippen LogP contribution in [0.2, 0.25) is 10.0 Å². The van der Waals surface area contributed by atoms with Crippen molar-refractivity contribution in [1.82, 2.24) is 14.9 Å². The van der Waals surface area contributed by atoms with Crippen LogP contribution in [-0.4, -0.2) is 67.3 Å². The molecule has 0 bridgehead atoms. The molecule has 4 N–H and O–H groups in total. The first-order valence-corrected chi connectivity index (χ1v) is 12.6. The minimum Gasteiger partial charge on any atom is -0.467 e. The lowest BCUT2D eigenvalue weighted by Gasteiger charge is -2.31. The zero-order valence-electron chi connectivity index (χ0n) is 21.3. The summed E-state index contributed by atoms with van der Waals surface area (Å²) >= 11 is 12.7. The molecule has 0 radical (unpaired) electrons. The number of anilines is 2. The minimum absolute atomic E-state index is 0.178. The molecule has 4 rings (SSSR count). The Kier molecular flexibility index (Phi) is 8.11. The number of aromatic nitrogens is 2. The van der Waals surface area contributed by atoms with Gasteiger partial charge in [0.25, 0.3) is 5.91 Å². The van der Waals surface area contributed by atoms with Crippen LogP contribution in [0.1, 0.15) is 36.3 Å². The van der Waals surface area contributed by atoms with Gasteiger partial charge in [-0.15, -0.1) is 0 Å². The van der Waals surface area contributed by atoms with Crippen molar-refractivity contribution in [2.24, 2.45) is 10.7 Å². The largest absolute Gasteiger partial charge is 0.467 e. The number of likely N-dealkylation sites (N-methyl/N-ethyl adjacent to an activating group) is 1. The standard InChI is InChI=1S/C25H31Cl2N7O3/c1-13(22(29)24(35)33(2)3)19-11-34(7-5-6-30-19)23-16-12-37-20(10-18(16)31-25(32-23)36-4)15-8-14(28)9-17(26)21(15)27/h8-9,20H,5-7,10-12,28-29H2,1-4H3/b22-13-. The maximum atomic E-state index is 12.4. The van der Waals surface area contributed by atoms with Gasteiger partial charge in [-0.3, -0.25) is 9.79 Å². The molecule has 2 aliphatic rings. The van der Waals surface area contributed by atoms with Crippen LogP contribution in [0.4, 0.5) is 11.5 Å². The van der Waals surface area contributed by atoms with Crippen LogP contribution >= 0.6 is 23.2 Å². The van der Waals surface area contributed by atoms with Gasteiger partial charge in [0.2, 0.25) is 0 Å². The molecule has 0 saturated heterocycles. The van der Waals surface area contributed by atoms with E-state index >= 15 is 0 Å². The molecule has 2 aliphatic heterocycles. The smallest absolute Gasteiger partial charge is 0.318 e. The third kappa shape index (κ3) is 5.61. The Hall–Kier alpha value is -3.08. The molecule has 37 heavy (non-hydrogen) atoms. The van der Waals surface area contributed by atoms with Crippen molar-refractivity contribution in [3.63, 3.8) is 0 Å². The Morgan fingerprint density at radius 3 is 2.73 bits per heavy atom. The molecule has 1 aromatic carbocycles. The number of rotatable bonds is 5.